The molecule has 0 saturated carbocycles. The van der Waals surface area contributed by atoms with Crippen LogP contribution in [0.5, 0.6) is 0 Å². The molecule has 11 heteroatoms. The average molecular weight is 475 g/mol. The van der Waals surface area contributed by atoms with Gasteiger partial charge < -0.3 is 15.4 Å². The van der Waals surface area contributed by atoms with E-state index in [2.05, 4.69) is 20.8 Å². The number of amides is 2. The lowest BCUT2D eigenvalue weighted by atomic mass is 10.2. The first kappa shape index (κ1) is 24.7. The largest absolute Gasteiger partial charge is 0.385 e. The molecular formula is C22H30N6O4S. The number of aryl methyl sites for hydroxylation is 1. The summed E-state index contributed by atoms with van der Waals surface area (Å²) in [5.74, 6) is 0.269. The highest BCUT2D eigenvalue weighted by Crippen LogP contribution is 2.21. The van der Waals surface area contributed by atoms with Gasteiger partial charge in [0, 0.05) is 39.3 Å². The lowest BCUT2D eigenvalue weighted by molar-refractivity contribution is -0.122. The van der Waals surface area contributed by atoms with Crippen LogP contribution in [0.15, 0.2) is 34.2 Å². The van der Waals surface area contributed by atoms with Crippen molar-refractivity contribution in [2.75, 3.05) is 26.0 Å². The third kappa shape index (κ3) is 6.11. The maximum absolute atomic E-state index is 13.1. The third-order valence-electron chi connectivity index (χ3n) is 5.24. The summed E-state index contributed by atoms with van der Waals surface area (Å²) in [5.41, 5.74) is 0.431. The molecule has 2 heterocycles. The molecule has 0 fully saturated rings. The van der Waals surface area contributed by atoms with Crippen LogP contribution in [-0.4, -0.2) is 63.0 Å². The van der Waals surface area contributed by atoms with Crippen LogP contribution in [0.4, 0.5) is 0 Å². The Bertz CT molecular complexity index is 1170. The molecule has 1 aromatic carbocycles. The van der Waals surface area contributed by atoms with Gasteiger partial charge in [0.05, 0.1) is 16.7 Å². The zero-order valence-electron chi connectivity index (χ0n) is 19.2. The van der Waals surface area contributed by atoms with E-state index in [9.17, 15) is 14.4 Å². The third-order valence-corrected chi connectivity index (χ3v) is 6.17. The lowest BCUT2D eigenvalue weighted by Crippen LogP contribution is -2.33. The van der Waals surface area contributed by atoms with Crippen molar-refractivity contribution in [2.24, 2.45) is 0 Å². The molecule has 2 N–H and O–H groups in total. The summed E-state index contributed by atoms with van der Waals surface area (Å²) in [5, 5.41) is 15.2. The molecule has 1 unspecified atom stereocenters. The van der Waals surface area contributed by atoms with Crippen molar-refractivity contribution in [1.29, 1.82) is 0 Å². The summed E-state index contributed by atoms with van der Waals surface area (Å²) in [6, 6.07) is 7.26. The highest BCUT2D eigenvalue weighted by atomic mass is 32.2. The molecule has 2 amide bonds. The Morgan fingerprint density at radius 3 is 2.76 bits per heavy atom. The quantitative estimate of drug-likeness (QED) is 0.302. The van der Waals surface area contributed by atoms with Crippen LogP contribution < -0.4 is 16.2 Å². The van der Waals surface area contributed by atoms with Gasteiger partial charge in [-0.05, 0) is 31.9 Å². The number of hydrogen-bond donors (Lipinski definition) is 2. The van der Waals surface area contributed by atoms with Gasteiger partial charge >= 0.3 is 0 Å². The second-order valence-corrected chi connectivity index (χ2v) is 8.65. The van der Waals surface area contributed by atoms with Gasteiger partial charge in [-0.1, -0.05) is 30.8 Å². The minimum atomic E-state index is -0.228. The summed E-state index contributed by atoms with van der Waals surface area (Å²) < 4.78 is 8.22. The van der Waals surface area contributed by atoms with Crippen molar-refractivity contribution >= 4 is 40.3 Å². The summed E-state index contributed by atoms with van der Waals surface area (Å²) in [6.07, 6.45) is 1.72. The van der Waals surface area contributed by atoms with E-state index >= 15 is 0 Å². The smallest absolute Gasteiger partial charge is 0.262 e. The number of hydrogen-bond acceptors (Lipinski definition) is 7. The number of thioether (sulfide) groups is 1. The Kier molecular flexibility index (Phi) is 8.84. The molecule has 0 spiro atoms. The van der Waals surface area contributed by atoms with Gasteiger partial charge in [0.2, 0.25) is 17.6 Å². The fraction of sp³-hybridized carbons (Fsp3) is 0.500. The summed E-state index contributed by atoms with van der Waals surface area (Å²) >= 11 is 1.25. The van der Waals surface area contributed by atoms with Crippen LogP contribution in [0.25, 0.3) is 16.7 Å². The summed E-state index contributed by atoms with van der Waals surface area (Å²) in [6.45, 7) is 5.24. The number of benzene rings is 1. The minimum Gasteiger partial charge on any atom is -0.385 e. The Hall–Kier alpha value is -2.92. The molecule has 0 bridgehead atoms. The van der Waals surface area contributed by atoms with Gasteiger partial charge in [0.15, 0.2) is 5.16 Å². The SMILES string of the molecule is CCC(C)NC(=O)CCn1c(=O)c2ccccc2n2c(SCC(=O)NCCCOC)nnc12. The molecule has 2 aromatic heterocycles. The first-order chi connectivity index (χ1) is 16.0. The Balaban J connectivity index is 1.85. The van der Waals surface area contributed by atoms with E-state index < -0.39 is 0 Å². The standard InChI is InChI=1S/C22H30N6O4S/c1-4-15(2)24-18(29)10-12-27-20(31)16-8-5-6-9-17(16)28-21(27)25-26-22(28)33-14-19(30)23-11-7-13-32-3/h5-6,8-9,15H,4,7,10-14H2,1-3H3,(H,23,30)(H,24,29). The van der Waals surface area contributed by atoms with Crippen molar-refractivity contribution in [2.45, 2.75) is 50.9 Å². The van der Waals surface area contributed by atoms with Crippen molar-refractivity contribution in [3.05, 3.63) is 34.6 Å². The Morgan fingerprint density at radius 2 is 2.00 bits per heavy atom. The van der Waals surface area contributed by atoms with Crippen LogP contribution in [-0.2, 0) is 20.9 Å². The predicted octanol–water partition coefficient (Wildman–Crippen LogP) is 1.59. The van der Waals surface area contributed by atoms with Gasteiger partial charge in [0.1, 0.15) is 0 Å². The molecule has 3 aromatic rings. The highest BCUT2D eigenvalue weighted by molar-refractivity contribution is 7.99. The first-order valence-corrected chi connectivity index (χ1v) is 12.0. The van der Waals surface area contributed by atoms with Crippen LogP contribution in [0.1, 0.15) is 33.1 Å². The van der Waals surface area contributed by atoms with Crippen molar-refractivity contribution in [3.63, 3.8) is 0 Å². The lowest BCUT2D eigenvalue weighted by Gasteiger charge is -2.13. The number of rotatable bonds is 12. The number of methoxy groups -OCH3 is 1. The van der Waals surface area contributed by atoms with E-state index in [4.69, 9.17) is 4.74 Å². The predicted molar refractivity (Wildman–Crippen MR) is 127 cm³/mol. The molecular weight excluding hydrogens is 444 g/mol. The Labute approximate surface area is 196 Å². The molecule has 0 aliphatic heterocycles. The molecule has 10 nitrogen and oxygen atoms in total. The number of aromatic nitrogens is 4. The van der Waals surface area contributed by atoms with Gasteiger partial charge in [-0.2, -0.15) is 0 Å². The van der Waals surface area contributed by atoms with Gasteiger partial charge in [-0.15, -0.1) is 10.2 Å². The van der Waals surface area contributed by atoms with Crippen molar-refractivity contribution < 1.29 is 14.3 Å². The molecule has 0 saturated heterocycles. The molecule has 0 aliphatic carbocycles. The molecule has 0 radical (unpaired) electrons. The van der Waals surface area contributed by atoms with E-state index in [-0.39, 0.29) is 42.1 Å². The number of nitrogens with zero attached hydrogens (tertiary/aromatic N) is 4. The van der Waals surface area contributed by atoms with E-state index in [0.29, 0.717) is 35.0 Å². The molecule has 178 valence electrons. The zero-order valence-corrected chi connectivity index (χ0v) is 20.0. The molecule has 0 aliphatic rings. The van der Waals surface area contributed by atoms with Crippen LogP contribution in [0, 0.1) is 0 Å². The van der Waals surface area contributed by atoms with Crippen molar-refractivity contribution in [1.82, 2.24) is 29.8 Å². The van der Waals surface area contributed by atoms with Gasteiger partial charge in [0.25, 0.3) is 5.56 Å². The second-order valence-electron chi connectivity index (χ2n) is 7.70. The monoisotopic (exact) mass is 474 g/mol. The Morgan fingerprint density at radius 1 is 1.21 bits per heavy atom. The van der Waals surface area contributed by atoms with Gasteiger partial charge in [-0.3, -0.25) is 23.4 Å². The summed E-state index contributed by atoms with van der Waals surface area (Å²) in [4.78, 5) is 37.6. The maximum Gasteiger partial charge on any atom is 0.262 e. The first-order valence-electron chi connectivity index (χ1n) is 11.0. The minimum absolute atomic E-state index is 0.0718. The topological polar surface area (TPSA) is 120 Å². The summed E-state index contributed by atoms with van der Waals surface area (Å²) in [7, 11) is 1.62. The molecule has 33 heavy (non-hydrogen) atoms. The second kappa shape index (κ2) is 11.8. The number of nitrogens with one attached hydrogen (secondary N) is 2. The van der Waals surface area contributed by atoms with E-state index in [1.165, 1.54) is 16.3 Å². The number of fused-ring (bicyclic) bond motifs is 3. The average Bonchev–Trinajstić information content (AvgIpc) is 3.24. The highest BCUT2D eigenvalue weighted by Gasteiger charge is 2.18. The number of carbonyl (C=O) groups excluding carboxylic acids is 2. The normalized spacial score (nSPS) is 12.2. The van der Waals surface area contributed by atoms with Crippen molar-refractivity contribution in [3.8, 4) is 0 Å². The number of para-hydroxylation sites is 1. The molecule has 3 rings (SSSR count). The van der Waals surface area contributed by atoms with Crippen LogP contribution in [0.2, 0.25) is 0 Å². The van der Waals surface area contributed by atoms with Gasteiger partial charge in [-0.25, -0.2) is 0 Å². The van der Waals surface area contributed by atoms with Crippen LogP contribution >= 0.6 is 11.8 Å². The fourth-order valence-corrected chi connectivity index (χ4v) is 4.09. The van der Waals surface area contributed by atoms with E-state index in [1.54, 1.807) is 23.6 Å². The number of carbonyl (C=O) groups is 2. The zero-order chi connectivity index (χ0) is 23.8. The van der Waals surface area contributed by atoms with E-state index in [1.807, 2.05) is 26.0 Å². The number of ether oxygens (including phenoxy) is 1. The fourth-order valence-electron chi connectivity index (χ4n) is 3.32. The van der Waals surface area contributed by atoms with E-state index in [0.717, 1.165) is 12.8 Å². The van der Waals surface area contributed by atoms with Crippen LogP contribution in [0.3, 0.4) is 0 Å². The molecule has 1 atom stereocenters. The maximum atomic E-state index is 13.1.